The van der Waals surface area contributed by atoms with Crippen molar-refractivity contribution in [3.8, 4) is 11.1 Å². The van der Waals surface area contributed by atoms with E-state index in [1.165, 1.54) is 5.56 Å². The first-order valence-electron chi connectivity index (χ1n) is 8.18. The van der Waals surface area contributed by atoms with Gasteiger partial charge in [0.15, 0.2) is 5.16 Å². The van der Waals surface area contributed by atoms with Crippen LogP contribution in [0, 0.1) is 0 Å². The number of rotatable bonds is 7. The summed E-state index contributed by atoms with van der Waals surface area (Å²) in [5.74, 6) is -0.167. The molecule has 0 bridgehead atoms. The van der Waals surface area contributed by atoms with Gasteiger partial charge >= 0.3 is 5.97 Å². The molecule has 0 aliphatic carbocycles. The quantitative estimate of drug-likeness (QED) is 0.493. The van der Waals surface area contributed by atoms with Gasteiger partial charge in [0, 0.05) is 18.1 Å². The first-order chi connectivity index (χ1) is 12.6. The van der Waals surface area contributed by atoms with E-state index in [4.69, 9.17) is 10.8 Å². The molecule has 2 aromatic carbocycles. The Labute approximate surface area is 156 Å². The summed E-state index contributed by atoms with van der Waals surface area (Å²) < 4.78 is 0. The number of carbonyl (C=O) groups is 1. The molecule has 5 nitrogen and oxygen atoms in total. The van der Waals surface area contributed by atoms with E-state index in [-0.39, 0.29) is 0 Å². The number of carboxylic acids is 1. The zero-order valence-corrected chi connectivity index (χ0v) is 14.9. The molecule has 0 radical (unpaired) electrons. The van der Waals surface area contributed by atoms with E-state index in [9.17, 15) is 4.79 Å². The second-order valence-corrected chi connectivity index (χ2v) is 6.81. The number of hydrogen-bond donors (Lipinski definition) is 2. The molecule has 3 rings (SSSR count). The summed E-state index contributed by atoms with van der Waals surface area (Å²) in [4.78, 5) is 19.2. The van der Waals surface area contributed by atoms with Crippen LogP contribution in [-0.2, 0) is 17.0 Å². The predicted molar refractivity (Wildman–Crippen MR) is 103 cm³/mol. The van der Waals surface area contributed by atoms with Crippen molar-refractivity contribution in [2.45, 2.75) is 23.4 Å². The van der Waals surface area contributed by atoms with E-state index in [0.29, 0.717) is 6.42 Å². The highest BCUT2D eigenvalue weighted by Crippen LogP contribution is 2.23. The molecule has 0 amide bonds. The van der Waals surface area contributed by atoms with Gasteiger partial charge in [-0.2, -0.15) is 0 Å². The van der Waals surface area contributed by atoms with Gasteiger partial charge in [-0.3, -0.25) is 4.79 Å². The van der Waals surface area contributed by atoms with Crippen LogP contribution >= 0.6 is 11.8 Å². The van der Waals surface area contributed by atoms with Crippen molar-refractivity contribution in [3.63, 3.8) is 0 Å². The fourth-order valence-electron chi connectivity index (χ4n) is 2.48. The van der Waals surface area contributed by atoms with Gasteiger partial charge in [-0.1, -0.05) is 60.3 Å². The third kappa shape index (κ3) is 4.91. The summed E-state index contributed by atoms with van der Waals surface area (Å²) in [6.07, 6.45) is 3.81. The molecule has 132 valence electrons. The number of aromatic nitrogens is 2. The Bertz CT molecular complexity index is 852. The largest absolute Gasteiger partial charge is 0.480 e. The van der Waals surface area contributed by atoms with E-state index in [0.717, 1.165) is 27.6 Å². The van der Waals surface area contributed by atoms with Crippen LogP contribution in [0.5, 0.6) is 0 Å². The molecule has 0 spiro atoms. The smallest absolute Gasteiger partial charge is 0.320 e. The average Bonchev–Trinajstić information content (AvgIpc) is 2.68. The molecule has 3 aromatic rings. The lowest BCUT2D eigenvalue weighted by Crippen LogP contribution is -2.32. The van der Waals surface area contributed by atoms with Crippen molar-refractivity contribution < 1.29 is 9.90 Å². The summed E-state index contributed by atoms with van der Waals surface area (Å²) in [6.45, 7) is 0. The van der Waals surface area contributed by atoms with Crippen molar-refractivity contribution in [1.29, 1.82) is 0 Å². The van der Waals surface area contributed by atoms with Gasteiger partial charge in [-0.25, -0.2) is 9.97 Å². The van der Waals surface area contributed by atoms with E-state index in [2.05, 4.69) is 34.2 Å². The summed E-state index contributed by atoms with van der Waals surface area (Å²) in [6, 6.07) is 17.1. The van der Waals surface area contributed by atoms with Gasteiger partial charge < -0.3 is 10.8 Å². The lowest BCUT2D eigenvalue weighted by Gasteiger charge is -2.08. The van der Waals surface area contributed by atoms with E-state index in [1.807, 2.05) is 24.3 Å². The SMILES string of the molecule is NC(Cc1ccc(-c2ccc(CSc3ncccn3)cc2)cc1)C(=O)O. The number of thioether (sulfide) groups is 1. The minimum Gasteiger partial charge on any atom is -0.480 e. The maximum Gasteiger partial charge on any atom is 0.320 e. The van der Waals surface area contributed by atoms with Crippen LogP contribution in [0.3, 0.4) is 0 Å². The molecular formula is C20H19N3O2S. The molecule has 1 heterocycles. The van der Waals surface area contributed by atoms with Crippen LogP contribution in [-0.4, -0.2) is 27.1 Å². The standard InChI is InChI=1S/C20H19N3O2S/c21-18(19(24)25)12-14-2-6-16(7-3-14)17-8-4-15(5-9-17)13-26-20-22-10-1-11-23-20/h1-11,18H,12-13,21H2,(H,24,25). The Morgan fingerprint density at radius 2 is 1.50 bits per heavy atom. The molecule has 26 heavy (non-hydrogen) atoms. The van der Waals surface area contributed by atoms with Gasteiger partial charge in [0.1, 0.15) is 6.04 Å². The van der Waals surface area contributed by atoms with Crippen molar-refractivity contribution in [2.75, 3.05) is 0 Å². The molecule has 1 atom stereocenters. The first kappa shape index (κ1) is 18.1. The first-order valence-corrected chi connectivity index (χ1v) is 9.17. The number of nitrogens with zero attached hydrogens (tertiary/aromatic N) is 2. The number of carboxylic acid groups (broad SMARTS) is 1. The maximum absolute atomic E-state index is 10.8. The highest BCUT2D eigenvalue weighted by atomic mass is 32.2. The zero-order chi connectivity index (χ0) is 18.4. The Morgan fingerprint density at radius 3 is 2.04 bits per heavy atom. The average molecular weight is 365 g/mol. The number of benzene rings is 2. The van der Waals surface area contributed by atoms with Crippen LogP contribution in [0.25, 0.3) is 11.1 Å². The lowest BCUT2D eigenvalue weighted by atomic mass is 10.0. The summed E-state index contributed by atoms with van der Waals surface area (Å²) in [5, 5.41) is 9.65. The van der Waals surface area contributed by atoms with Gasteiger partial charge in [0.2, 0.25) is 0 Å². The normalized spacial score (nSPS) is 11.9. The lowest BCUT2D eigenvalue weighted by molar-refractivity contribution is -0.138. The highest BCUT2D eigenvalue weighted by molar-refractivity contribution is 7.98. The van der Waals surface area contributed by atoms with E-state index < -0.39 is 12.0 Å². The third-order valence-electron chi connectivity index (χ3n) is 3.92. The van der Waals surface area contributed by atoms with Crippen LogP contribution < -0.4 is 5.73 Å². The van der Waals surface area contributed by atoms with Crippen LogP contribution in [0.4, 0.5) is 0 Å². The molecule has 0 saturated carbocycles. The number of hydrogen-bond acceptors (Lipinski definition) is 5. The topological polar surface area (TPSA) is 89.1 Å². The zero-order valence-electron chi connectivity index (χ0n) is 14.1. The fourth-order valence-corrected chi connectivity index (χ4v) is 3.23. The highest BCUT2D eigenvalue weighted by Gasteiger charge is 2.11. The van der Waals surface area contributed by atoms with E-state index in [1.54, 1.807) is 30.2 Å². The van der Waals surface area contributed by atoms with Crippen molar-refractivity contribution in [3.05, 3.63) is 78.1 Å². The molecule has 0 aliphatic heterocycles. The molecule has 0 aliphatic rings. The van der Waals surface area contributed by atoms with Gasteiger partial charge in [0.25, 0.3) is 0 Å². The Hall–Kier alpha value is -2.70. The molecular weight excluding hydrogens is 346 g/mol. The third-order valence-corrected chi connectivity index (χ3v) is 4.87. The molecule has 6 heteroatoms. The van der Waals surface area contributed by atoms with E-state index >= 15 is 0 Å². The second kappa shape index (κ2) is 8.60. The van der Waals surface area contributed by atoms with Crippen molar-refractivity contribution in [1.82, 2.24) is 9.97 Å². The minimum absolute atomic E-state index is 0.327. The Balaban J connectivity index is 1.62. The molecule has 0 saturated heterocycles. The fraction of sp³-hybridized carbons (Fsp3) is 0.150. The molecule has 1 aromatic heterocycles. The van der Waals surface area contributed by atoms with Crippen molar-refractivity contribution >= 4 is 17.7 Å². The van der Waals surface area contributed by atoms with Crippen molar-refractivity contribution in [2.24, 2.45) is 5.73 Å². The van der Waals surface area contributed by atoms with Crippen LogP contribution in [0.15, 0.2) is 72.1 Å². The van der Waals surface area contributed by atoms with Gasteiger partial charge in [0.05, 0.1) is 0 Å². The van der Waals surface area contributed by atoms with Crippen LogP contribution in [0.1, 0.15) is 11.1 Å². The monoisotopic (exact) mass is 365 g/mol. The molecule has 0 fully saturated rings. The summed E-state index contributed by atoms with van der Waals surface area (Å²) in [5.41, 5.74) is 9.90. The number of nitrogens with two attached hydrogens (primary N) is 1. The molecule has 1 unspecified atom stereocenters. The van der Waals surface area contributed by atoms with Gasteiger partial charge in [-0.05, 0) is 34.7 Å². The minimum atomic E-state index is -0.983. The Kier molecular flexibility index (Phi) is 5.99. The maximum atomic E-state index is 10.8. The molecule has 3 N–H and O–H groups in total. The second-order valence-electron chi connectivity index (χ2n) is 5.86. The summed E-state index contributed by atoms with van der Waals surface area (Å²) >= 11 is 1.60. The van der Waals surface area contributed by atoms with Crippen LogP contribution in [0.2, 0.25) is 0 Å². The number of aliphatic carboxylic acids is 1. The Morgan fingerprint density at radius 1 is 0.962 bits per heavy atom. The van der Waals surface area contributed by atoms with Gasteiger partial charge in [-0.15, -0.1) is 0 Å². The predicted octanol–water partition coefficient (Wildman–Crippen LogP) is 3.39. The summed E-state index contributed by atoms with van der Waals surface area (Å²) in [7, 11) is 0.